The second kappa shape index (κ2) is 7.95. The quantitative estimate of drug-likeness (QED) is 0.401. The van der Waals surface area contributed by atoms with Gasteiger partial charge in [0, 0.05) is 9.86 Å². The van der Waals surface area contributed by atoms with Gasteiger partial charge in [-0.15, -0.1) is 0 Å². The molecular formula is C24H21BrN2O3. The highest BCUT2D eigenvalue weighted by molar-refractivity contribution is 9.10. The van der Waals surface area contributed by atoms with Crippen molar-refractivity contribution in [2.75, 3.05) is 0 Å². The number of carbonyl (C=O) groups excluding carboxylic acids is 1. The zero-order chi connectivity index (χ0) is 21.4. The number of aryl methyl sites for hydroxylation is 1. The summed E-state index contributed by atoms with van der Waals surface area (Å²) in [6.45, 7) is 6.32. The lowest BCUT2D eigenvalue weighted by atomic mass is 9.98. The molecule has 2 heterocycles. The maximum Gasteiger partial charge on any atom is 0.285 e. The fourth-order valence-corrected chi connectivity index (χ4v) is 3.95. The summed E-state index contributed by atoms with van der Waals surface area (Å²) in [6, 6.07) is 15.6. The summed E-state index contributed by atoms with van der Waals surface area (Å²) < 4.78 is 12.8. The van der Waals surface area contributed by atoms with Crippen LogP contribution >= 0.6 is 15.9 Å². The summed E-state index contributed by atoms with van der Waals surface area (Å²) in [5.41, 5.74) is 11.2. The summed E-state index contributed by atoms with van der Waals surface area (Å²) in [6.07, 6.45) is 0. The lowest BCUT2D eigenvalue weighted by molar-refractivity contribution is 0.0977. The number of ether oxygens (including phenoxy) is 1. The van der Waals surface area contributed by atoms with Crippen LogP contribution in [0.2, 0.25) is 0 Å². The van der Waals surface area contributed by atoms with E-state index in [9.17, 15) is 4.79 Å². The predicted molar refractivity (Wildman–Crippen MR) is 121 cm³/mol. The zero-order valence-corrected chi connectivity index (χ0v) is 18.5. The number of fused-ring (bicyclic) bond motifs is 1. The van der Waals surface area contributed by atoms with E-state index in [2.05, 4.69) is 15.9 Å². The topological polar surface area (TPSA) is 78.4 Å². The molecule has 5 nitrogen and oxygen atoms in total. The summed E-state index contributed by atoms with van der Waals surface area (Å²) in [5.74, 6) is 0.225. The third-order valence-corrected chi connectivity index (χ3v) is 5.70. The Bertz CT molecular complexity index is 1260. The minimum atomic E-state index is -0.627. The number of aromatic nitrogens is 1. The molecular weight excluding hydrogens is 444 g/mol. The van der Waals surface area contributed by atoms with Crippen molar-refractivity contribution in [2.24, 2.45) is 5.73 Å². The Morgan fingerprint density at radius 3 is 2.53 bits per heavy atom. The van der Waals surface area contributed by atoms with Crippen LogP contribution in [0.4, 0.5) is 0 Å². The van der Waals surface area contributed by atoms with Gasteiger partial charge in [-0.2, -0.15) is 0 Å². The molecule has 0 aliphatic heterocycles. The maximum absolute atomic E-state index is 12.1. The number of halogens is 1. The van der Waals surface area contributed by atoms with Gasteiger partial charge in [0.25, 0.3) is 5.91 Å². The van der Waals surface area contributed by atoms with E-state index in [1.54, 1.807) is 0 Å². The van der Waals surface area contributed by atoms with Crippen molar-refractivity contribution < 1.29 is 13.9 Å². The average molecular weight is 465 g/mol. The molecule has 0 saturated carbocycles. The van der Waals surface area contributed by atoms with E-state index in [0.717, 1.165) is 38.0 Å². The molecule has 1 amide bonds. The van der Waals surface area contributed by atoms with Gasteiger partial charge in [0.2, 0.25) is 5.76 Å². The number of primary amides is 1. The van der Waals surface area contributed by atoms with Crippen molar-refractivity contribution >= 4 is 32.8 Å². The molecule has 0 atom stereocenters. The number of nitrogens with two attached hydrogens (primary N) is 1. The van der Waals surface area contributed by atoms with E-state index in [0.29, 0.717) is 23.4 Å². The molecule has 6 heteroatoms. The highest BCUT2D eigenvalue weighted by Gasteiger charge is 2.25. The Labute approximate surface area is 183 Å². The molecule has 0 radical (unpaired) electrons. The first kappa shape index (κ1) is 20.2. The smallest absolute Gasteiger partial charge is 0.285 e. The number of benzene rings is 2. The van der Waals surface area contributed by atoms with Crippen molar-refractivity contribution in [3.63, 3.8) is 0 Å². The SMILES string of the molecule is Cc1nc(-c2c(C(N)=O)oc3ccc(Br)cc23)c(C)c(C)c1OCc1ccccc1. The van der Waals surface area contributed by atoms with Gasteiger partial charge in [-0.1, -0.05) is 46.3 Å². The summed E-state index contributed by atoms with van der Waals surface area (Å²) in [4.78, 5) is 16.9. The average Bonchev–Trinajstić information content (AvgIpc) is 3.10. The van der Waals surface area contributed by atoms with Crippen LogP contribution in [0.3, 0.4) is 0 Å². The molecule has 2 aromatic heterocycles. The van der Waals surface area contributed by atoms with Crippen LogP contribution in [0.25, 0.3) is 22.2 Å². The molecule has 4 rings (SSSR count). The first-order valence-electron chi connectivity index (χ1n) is 9.53. The fraction of sp³-hybridized carbons (Fsp3) is 0.167. The largest absolute Gasteiger partial charge is 0.487 e. The summed E-state index contributed by atoms with van der Waals surface area (Å²) in [7, 11) is 0. The van der Waals surface area contributed by atoms with Crippen molar-refractivity contribution in [1.29, 1.82) is 0 Å². The Morgan fingerprint density at radius 2 is 1.83 bits per heavy atom. The fourth-order valence-electron chi connectivity index (χ4n) is 3.59. The number of hydrogen-bond acceptors (Lipinski definition) is 4. The van der Waals surface area contributed by atoms with Crippen molar-refractivity contribution in [3.8, 4) is 17.0 Å². The molecule has 2 aromatic carbocycles. The van der Waals surface area contributed by atoms with E-state index in [1.807, 2.05) is 69.3 Å². The molecule has 0 unspecified atom stereocenters. The van der Waals surface area contributed by atoms with Gasteiger partial charge in [0.05, 0.1) is 17.0 Å². The third kappa shape index (κ3) is 3.59. The van der Waals surface area contributed by atoms with Gasteiger partial charge in [0.15, 0.2) is 0 Å². The molecule has 0 aliphatic carbocycles. The molecule has 4 aromatic rings. The first-order valence-corrected chi connectivity index (χ1v) is 10.3. The number of amides is 1. The maximum atomic E-state index is 12.1. The van der Waals surface area contributed by atoms with Crippen LogP contribution in [-0.2, 0) is 6.61 Å². The number of rotatable bonds is 5. The Hall–Kier alpha value is -3.12. The Kier molecular flexibility index (Phi) is 5.35. The van der Waals surface area contributed by atoms with E-state index in [-0.39, 0.29) is 5.76 Å². The van der Waals surface area contributed by atoms with E-state index >= 15 is 0 Å². The third-order valence-electron chi connectivity index (χ3n) is 5.20. The van der Waals surface area contributed by atoms with Crippen molar-refractivity contribution in [1.82, 2.24) is 4.98 Å². The molecule has 0 saturated heterocycles. The van der Waals surface area contributed by atoms with Gasteiger partial charge >= 0.3 is 0 Å². The molecule has 152 valence electrons. The first-order chi connectivity index (χ1) is 14.4. The molecule has 0 aliphatic rings. The van der Waals surface area contributed by atoms with Crippen LogP contribution in [0, 0.1) is 20.8 Å². The van der Waals surface area contributed by atoms with E-state index in [4.69, 9.17) is 19.9 Å². The van der Waals surface area contributed by atoms with Gasteiger partial charge in [-0.25, -0.2) is 4.98 Å². The van der Waals surface area contributed by atoms with Gasteiger partial charge in [0.1, 0.15) is 17.9 Å². The van der Waals surface area contributed by atoms with Gasteiger partial charge < -0.3 is 14.9 Å². The van der Waals surface area contributed by atoms with Gasteiger partial charge in [-0.3, -0.25) is 4.79 Å². The molecule has 2 N–H and O–H groups in total. The van der Waals surface area contributed by atoms with Gasteiger partial charge in [-0.05, 0) is 55.7 Å². The standard InChI is InChI=1S/C24H21BrN2O3/c1-13-14(2)22(29-12-16-7-5-4-6-8-16)15(3)27-21(13)20-18-11-17(25)9-10-19(18)30-23(20)24(26)28/h4-11H,12H2,1-3H3,(H2,26,28). The number of pyridine rings is 1. The van der Waals surface area contributed by atoms with Crippen molar-refractivity contribution in [3.05, 3.63) is 81.1 Å². The molecule has 0 fully saturated rings. The monoisotopic (exact) mass is 464 g/mol. The van der Waals surface area contributed by atoms with Crippen LogP contribution in [-0.4, -0.2) is 10.9 Å². The number of hydrogen-bond donors (Lipinski definition) is 1. The summed E-state index contributed by atoms with van der Waals surface area (Å²) >= 11 is 3.49. The second-order valence-electron chi connectivity index (χ2n) is 7.21. The van der Waals surface area contributed by atoms with Crippen LogP contribution < -0.4 is 10.5 Å². The lowest BCUT2D eigenvalue weighted by Crippen LogP contribution is -2.12. The minimum absolute atomic E-state index is 0.107. The highest BCUT2D eigenvalue weighted by Crippen LogP contribution is 2.39. The normalized spacial score (nSPS) is 11.1. The van der Waals surface area contributed by atoms with Crippen LogP contribution in [0.1, 0.15) is 32.9 Å². The summed E-state index contributed by atoms with van der Waals surface area (Å²) in [5, 5.41) is 0.783. The minimum Gasteiger partial charge on any atom is -0.487 e. The number of carbonyl (C=O) groups is 1. The van der Waals surface area contributed by atoms with Crippen molar-refractivity contribution in [2.45, 2.75) is 27.4 Å². The van der Waals surface area contributed by atoms with E-state index in [1.165, 1.54) is 0 Å². The molecule has 0 spiro atoms. The lowest BCUT2D eigenvalue weighted by Gasteiger charge is -2.17. The number of nitrogens with zero attached hydrogens (tertiary/aromatic N) is 1. The van der Waals surface area contributed by atoms with Crippen LogP contribution in [0.5, 0.6) is 5.75 Å². The van der Waals surface area contributed by atoms with E-state index < -0.39 is 5.91 Å². The second-order valence-corrected chi connectivity index (χ2v) is 8.13. The highest BCUT2D eigenvalue weighted by atomic mass is 79.9. The Morgan fingerprint density at radius 1 is 1.10 bits per heavy atom. The number of furan rings is 1. The zero-order valence-electron chi connectivity index (χ0n) is 17.0. The Balaban J connectivity index is 1.84. The molecule has 30 heavy (non-hydrogen) atoms. The predicted octanol–water partition coefficient (Wildman–Crippen LogP) is 5.86. The molecule has 0 bridgehead atoms. The van der Waals surface area contributed by atoms with Crippen LogP contribution in [0.15, 0.2) is 57.4 Å².